The van der Waals surface area contributed by atoms with E-state index in [1.165, 1.54) is 17.0 Å². The Bertz CT molecular complexity index is 722. The third kappa shape index (κ3) is 3.46. The normalized spacial score (nSPS) is 14.7. The van der Waals surface area contributed by atoms with Gasteiger partial charge in [0.25, 0.3) is 0 Å². The molecule has 0 bridgehead atoms. The molecule has 1 aromatic heterocycles. The van der Waals surface area contributed by atoms with Gasteiger partial charge in [0.1, 0.15) is 5.82 Å². The van der Waals surface area contributed by atoms with Crippen LogP contribution in [0, 0.1) is 0 Å². The van der Waals surface area contributed by atoms with E-state index in [9.17, 15) is 18.0 Å². The summed E-state index contributed by atoms with van der Waals surface area (Å²) in [6.45, 7) is -0.0639. The first-order valence-corrected chi connectivity index (χ1v) is 7.13. The van der Waals surface area contributed by atoms with Crippen LogP contribution in [-0.4, -0.2) is 16.2 Å². The summed E-state index contributed by atoms with van der Waals surface area (Å²) in [4.78, 5) is 12.8. The van der Waals surface area contributed by atoms with Crippen molar-refractivity contribution in [3.63, 3.8) is 0 Å². The average molecular weight is 324 g/mol. The summed E-state index contributed by atoms with van der Waals surface area (Å²) in [5, 5.41) is 6.85. The van der Waals surface area contributed by atoms with Crippen molar-refractivity contribution in [2.45, 2.75) is 31.5 Å². The van der Waals surface area contributed by atoms with E-state index in [-0.39, 0.29) is 6.54 Å². The lowest BCUT2D eigenvalue weighted by Gasteiger charge is -2.19. The molecular formula is C15H15F3N4O. The first kappa shape index (κ1) is 15.4. The van der Waals surface area contributed by atoms with E-state index < -0.39 is 17.8 Å². The van der Waals surface area contributed by atoms with E-state index in [0.29, 0.717) is 17.3 Å². The fraction of sp³-hybridized carbons (Fsp3) is 0.333. The molecule has 0 saturated heterocycles. The predicted octanol–water partition coefficient (Wildman–Crippen LogP) is 3.39. The van der Waals surface area contributed by atoms with Crippen LogP contribution < -0.4 is 10.6 Å². The fourth-order valence-electron chi connectivity index (χ4n) is 2.36. The standard InChI is InChI=1S/C15H15F3N4O/c16-15(17,18)11-3-1-2-9(6-11)8-22(14(19)23)13-7-12(20-21-13)10-4-5-10/h1-3,6-7,10H,4-5,8H2,(H2,19,23)(H,20,21). The molecule has 3 rings (SSSR count). The Kier molecular flexibility index (Phi) is 3.75. The van der Waals surface area contributed by atoms with Gasteiger partial charge in [-0.05, 0) is 30.5 Å². The number of halogens is 3. The highest BCUT2D eigenvalue weighted by Gasteiger charge is 2.31. The molecule has 8 heteroatoms. The van der Waals surface area contributed by atoms with E-state index in [2.05, 4.69) is 10.2 Å². The number of benzene rings is 1. The van der Waals surface area contributed by atoms with Gasteiger partial charge in [0.05, 0.1) is 17.8 Å². The van der Waals surface area contributed by atoms with E-state index in [1.54, 1.807) is 6.07 Å². The molecule has 3 N–H and O–H groups in total. The number of amides is 2. The molecule has 5 nitrogen and oxygen atoms in total. The van der Waals surface area contributed by atoms with Crippen molar-refractivity contribution in [2.75, 3.05) is 4.90 Å². The highest BCUT2D eigenvalue weighted by atomic mass is 19.4. The van der Waals surface area contributed by atoms with Crippen molar-refractivity contribution in [3.05, 3.63) is 47.2 Å². The van der Waals surface area contributed by atoms with Gasteiger partial charge in [0.2, 0.25) is 0 Å². The monoisotopic (exact) mass is 324 g/mol. The summed E-state index contributed by atoms with van der Waals surface area (Å²) >= 11 is 0. The summed E-state index contributed by atoms with van der Waals surface area (Å²) in [7, 11) is 0. The zero-order valence-electron chi connectivity index (χ0n) is 12.1. The smallest absolute Gasteiger partial charge is 0.351 e. The molecule has 2 aromatic rings. The quantitative estimate of drug-likeness (QED) is 0.904. The van der Waals surface area contributed by atoms with Crippen molar-refractivity contribution in [1.29, 1.82) is 0 Å². The van der Waals surface area contributed by atoms with Gasteiger partial charge in [-0.1, -0.05) is 12.1 Å². The maximum atomic E-state index is 12.8. The van der Waals surface area contributed by atoms with Gasteiger partial charge in [-0.25, -0.2) is 4.79 Å². The van der Waals surface area contributed by atoms with Crippen molar-refractivity contribution in [3.8, 4) is 0 Å². The number of nitrogens with two attached hydrogens (primary N) is 1. The number of primary amides is 1. The number of rotatable bonds is 4. The van der Waals surface area contributed by atoms with Gasteiger partial charge in [-0.3, -0.25) is 10.00 Å². The topological polar surface area (TPSA) is 75.0 Å². The summed E-state index contributed by atoms with van der Waals surface area (Å²) in [6, 6.07) is 5.78. The Hall–Kier alpha value is -2.51. The minimum atomic E-state index is -4.43. The molecule has 2 amide bonds. The minimum Gasteiger partial charge on any atom is -0.351 e. The Morgan fingerprint density at radius 1 is 1.35 bits per heavy atom. The van der Waals surface area contributed by atoms with Crippen LogP contribution in [0.3, 0.4) is 0 Å². The second-order valence-corrected chi connectivity index (χ2v) is 5.57. The maximum absolute atomic E-state index is 12.8. The Morgan fingerprint density at radius 3 is 2.70 bits per heavy atom. The molecule has 0 radical (unpaired) electrons. The summed E-state index contributed by atoms with van der Waals surface area (Å²) < 4.78 is 38.3. The number of carbonyl (C=O) groups excluding carboxylic acids is 1. The molecule has 0 atom stereocenters. The number of hydrogen-bond donors (Lipinski definition) is 2. The largest absolute Gasteiger partial charge is 0.416 e. The number of anilines is 1. The Labute approximate surface area is 130 Å². The number of carbonyl (C=O) groups is 1. The van der Waals surface area contributed by atoms with Crippen molar-refractivity contribution in [2.24, 2.45) is 5.73 Å². The molecule has 1 aliphatic carbocycles. The number of alkyl halides is 3. The van der Waals surface area contributed by atoms with Crippen LogP contribution in [0.2, 0.25) is 0 Å². The molecule has 0 aliphatic heterocycles. The average Bonchev–Trinajstić information content (AvgIpc) is 3.22. The number of nitrogens with one attached hydrogen (secondary N) is 1. The molecular weight excluding hydrogens is 309 g/mol. The summed E-state index contributed by atoms with van der Waals surface area (Å²) in [5.74, 6) is 0.778. The lowest BCUT2D eigenvalue weighted by Crippen LogP contribution is -2.35. The van der Waals surface area contributed by atoms with Gasteiger partial charge >= 0.3 is 12.2 Å². The Morgan fingerprint density at radius 2 is 2.09 bits per heavy atom. The molecule has 1 saturated carbocycles. The second kappa shape index (κ2) is 5.60. The molecule has 23 heavy (non-hydrogen) atoms. The second-order valence-electron chi connectivity index (χ2n) is 5.57. The third-order valence-electron chi connectivity index (χ3n) is 3.73. The van der Waals surface area contributed by atoms with Crippen LogP contribution in [0.15, 0.2) is 30.3 Å². The number of aromatic nitrogens is 2. The van der Waals surface area contributed by atoms with Crippen LogP contribution in [-0.2, 0) is 12.7 Å². The van der Waals surface area contributed by atoms with Crippen molar-refractivity contribution >= 4 is 11.8 Å². The van der Waals surface area contributed by atoms with E-state index in [1.807, 2.05) is 0 Å². The van der Waals surface area contributed by atoms with E-state index >= 15 is 0 Å². The number of aromatic amines is 1. The van der Waals surface area contributed by atoms with Crippen LogP contribution in [0.5, 0.6) is 0 Å². The fourth-order valence-corrected chi connectivity index (χ4v) is 2.36. The number of H-pyrrole nitrogens is 1. The number of nitrogens with zero attached hydrogens (tertiary/aromatic N) is 2. The van der Waals surface area contributed by atoms with Crippen LogP contribution in [0.25, 0.3) is 0 Å². The lowest BCUT2D eigenvalue weighted by molar-refractivity contribution is -0.137. The molecule has 0 spiro atoms. The molecule has 1 aromatic carbocycles. The third-order valence-corrected chi connectivity index (χ3v) is 3.73. The molecule has 1 aliphatic rings. The van der Waals surface area contributed by atoms with Gasteiger partial charge in [-0.15, -0.1) is 0 Å². The Balaban J connectivity index is 1.83. The van der Waals surface area contributed by atoms with E-state index in [4.69, 9.17) is 5.73 Å². The molecule has 0 unspecified atom stereocenters. The predicted molar refractivity (Wildman–Crippen MR) is 77.8 cm³/mol. The first-order chi connectivity index (χ1) is 10.8. The van der Waals surface area contributed by atoms with Crippen LogP contribution in [0.4, 0.5) is 23.8 Å². The van der Waals surface area contributed by atoms with Gasteiger partial charge in [0.15, 0.2) is 0 Å². The van der Waals surface area contributed by atoms with Gasteiger partial charge < -0.3 is 5.73 Å². The summed E-state index contributed by atoms with van der Waals surface area (Å²) in [5.41, 5.74) is 5.77. The maximum Gasteiger partial charge on any atom is 0.416 e. The van der Waals surface area contributed by atoms with Crippen molar-refractivity contribution < 1.29 is 18.0 Å². The zero-order chi connectivity index (χ0) is 16.6. The molecule has 1 fully saturated rings. The molecule has 1 heterocycles. The highest BCUT2D eigenvalue weighted by molar-refractivity contribution is 5.89. The lowest BCUT2D eigenvalue weighted by atomic mass is 10.1. The number of urea groups is 1. The number of hydrogen-bond acceptors (Lipinski definition) is 2. The van der Waals surface area contributed by atoms with Crippen LogP contribution >= 0.6 is 0 Å². The zero-order valence-corrected chi connectivity index (χ0v) is 12.1. The summed E-state index contributed by atoms with van der Waals surface area (Å²) in [6.07, 6.45) is -2.33. The van der Waals surface area contributed by atoms with E-state index in [0.717, 1.165) is 30.7 Å². The SMILES string of the molecule is NC(=O)N(Cc1cccc(C(F)(F)F)c1)c1cc(C2CC2)n[nH]1. The minimum absolute atomic E-state index is 0.0639. The van der Waals surface area contributed by atoms with Gasteiger partial charge in [-0.2, -0.15) is 18.3 Å². The molecule has 122 valence electrons. The highest BCUT2D eigenvalue weighted by Crippen LogP contribution is 2.40. The van der Waals surface area contributed by atoms with Crippen LogP contribution in [0.1, 0.15) is 35.6 Å². The van der Waals surface area contributed by atoms with Gasteiger partial charge in [0, 0.05) is 12.0 Å². The van der Waals surface area contributed by atoms with Crippen molar-refractivity contribution in [1.82, 2.24) is 10.2 Å². The first-order valence-electron chi connectivity index (χ1n) is 7.13.